The van der Waals surface area contributed by atoms with E-state index < -0.39 is 0 Å². The van der Waals surface area contributed by atoms with Crippen molar-refractivity contribution in [3.05, 3.63) is 36.0 Å². The maximum atomic E-state index is 11.0. The second-order valence-corrected chi connectivity index (χ2v) is 3.93. The van der Waals surface area contributed by atoms with Crippen LogP contribution in [0.1, 0.15) is 12.5 Å². The predicted molar refractivity (Wildman–Crippen MR) is 68.5 cm³/mol. The van der Waals surface area contributed by atoms with Crippen molar-refractivity contribution >= 4 is 23.5 Å². The highest BCUT2D eigenvalue weighted by atomic mass is 16.1. The van der Waals surface area contributed by atoms with Gasteiger partial charge in [-0.2, -0.15) is 0 Å². The molecule has 1 aromatic rings. The third-order valence-electron chi connectivity index (χ3n) is 2.04. The van der Waals surface area contributed by atoms with Crippen molar-refractivity contribution in [2.75, 3.05) is 19.4 Å². The summed E-state index contributed by atoms with van der Waals surface area (Å²) in [6.07, 6.45) is 2.53. The summed E-state index contributed by atoms with van der Waals surface area (Å²) in [4.78, 5) is 23.7. The van der Waals surface area contributed by atoms with E-state index in [2.05, 4.69) is 5.32 Å². The summed E-state index contributed by atoms with van der Waals surface area (Å²) in [6, 6.07) is 7.18. The first-order chi connectivity index (χ1) is 8.02. The van der Waals surface area contributed by atoms with Gasteiger partial charge in [-0.3, -0.25) is 9.59 Å². The van der Waals surface area contributed by atoms with Crippen LogP contribution in [-0.4, -0.2) is 31.2 Å². The van der Waals surface area contributed by atoms with Crippen LogP contribution in [0.4, 0.5) is 5.69 Å². The molecule has 0 aliphatic heterocycles. The quantitative estimate of drug-likeness (QED) is 0.635. The molecular weight excluding hydrogens is 216 g/mol. The summed E-state index contributed by atoms with van der Waals surface area (Å²) in [7, 11) is 3.70. The zero-order chi connectivity index (χ0) is 12.8. The topological polar surface area (TPSA) is 49.4 Å². The molecule has 1 amide bonds. The molecule has 1 aromatic carbocycles. The van der Waals surface area contributed by atoms with Gasteiger partial charge in [0.25, 0.3) is 0 Å². The van der Waals surface area contributed by atoms with Gasteiger partial charge in [0, 0.05) is 38.5 Å². The Morgan fingerprint density at radius 3 is 2.59 bits per heavy atom. The Balaban J connectivity index is 3.05. The fraction of sp³-hybridized carbons (Fsp3) is 0.231. The van der Waals surface area contributed by atoms with Crippen molar-refractivity contribution in [3.63, 3.8) is 0 Å². The molecule has 0 bridgehead atoms. The first-order valence-corrected chi connectivity index (χ1v) is 5.24. The number of carbonyl (C=O) groups excluding carboxylic acids is 2. The van der Waals surface area contributed by atoms with Gasteiger partial charge in [-0.05, 0) is 17.7 Å². The Labute approximate surface area is 101 Å². The number of amides is 1. The van der Waals surface area contributed by atoms with E-state index >= 15 is 0 Å². The van der Waals surface area contributed by atoms with Crippen LogP contribution in [-0.2, 0) is 9.59 Å². The molecule has 0 aliphatic carbocycles. The number of rotatable bonds is 4. The maximum absolute atomic E-state index is 11.0. The SMILES string of the molecule is CC(=O)Nc1cccc(C(C=O)=CN(C)C)c1. The first-order valence-electron chi connectivity index (χ1n) is 5.24. The van der Waals surface area contributed by atoms with Crippen LogP contribution in [0.25, 0.3) is 5.57 Å². The molecule has 0 saturated carbocycles. The van der Waals surface area contributed by atoms with Gasteiger partial charge >= 0.3 is 0 Å². The first kappa shape index (κ1) is 13.0. The van der Waals surface area contributed by atoms with Gasteiger partial charge in [0.15, 0.2) is 6.29 Å². The lowest BCUT2D eigenvalue weighted by molar-refractivity contribution is -0.114. The van der Waals surface area contributed by atoms with Crippen molar-refractivity contribution in [2.24, 2.45) is 0 Å². The number of anilines is 1. The van der Waals surface area contributed by atoms with Crippen molar-refractivity contribution in [1.29, 1.82) is 0 Å². The van der Waals surface area contributed by atoms with E-state index in [0.717, 1.165) is 11.8 Å². The minimum atomic E-state index is -0.133. The normalized spacial score (nSPS) is 10.9. The van der Waals surface area contributed by atoms with Crippen LogP contribution < -0.4 is 5.32 Å². The fourth-order valence-electron chi connectivity index (χ4n) is 1.43. The van der Waals surface area contributed by atoms with E-state index in [4.69, 9.17) is 0 Å². The molecule has 0 aliphatic rings. The number of allylic oxidation sites excluding steroid dienone is 1. The number of nitrogens with zero attached hydrogens (tertiary/aromatic N) is 1. The van der Waals surface area contributed by atoms with Crippen LogP contribution >= 0.6 is 0 Å². The average molecular weight is 232 g/mol. The molecule has 0 heterocycles. The Morgan fingerprint density at radius 1 is 1.35 bits per heavy atom. The molecule has 4 heteroatoms. The minimum absolute atomic E-state index is 0.133. The highest BCUT2D eigenvalue weighted by Gasteiger charge is 2.03. The number of carbonyl (C=O) groups is 2. The third kappa shape index (κ3) is 4.10. The van der Waals surface area contributed by atoms with E-state index in [0.29, 0.717) is 11.3 Å². The number of hydrogen-bond acceptors (Lipinski definition) is 3. The van der Waals surface area contributed by atoms with Gasteiger partial charge in [0.05, 0.1) is 0 Å². The molecule has 0 fully saturated rings. The molecule has 0 spiro atoms. The summed E-state index contributed by atoms with van der Waals surface area (Å²) < 4.78 is 0. The molecule has 90 valence electrons. The summed E-state index contributed by atoms with van der Waals surface area (Å²) in [6.45, 7) is 1.45. The van der Waals surface area contributed by atoms with Gasteiger partial charge in [-0.1, -0.05) is 12.1 Å². The highest BCUT2D eigenvalue weighted by molar-refractivity contribution is 6.07. The summed E-state index contributed by atoms with van der Waals surface area (Å²) in [5, 5.41) is 2.68. The third-order valence-corrected chi connectivity index (χ3v) is 2.04. The molecule has 0 radical (unpaired) electrons. The molecule has 0 atom stereocenters. The Hall–Kier alpha value is -2.10. The minimum Gasteiger partial charge on any atom is -0.383 e. The van der Waals surface area contributed by atoms with E-state index in [9.17, 15) is 9.59 Å². The van der Waals surface area contributed by atoms with E-state index in [1.165, 1.54) is 6.92 Å². The standard InChI is InChI=1S/C13H16N2O2/c1-10(17)14-13-6-4-5-11(7-13)12(9-16)8-15(2)3/h4-9H,1-3H3,(H,14,17). The monoisotopic (exact) mass is 232 g/mol. The highest BCUT2D eigenvalue weighted by Crippen LogP contribution is 2.17. The number of nitrogens with one attached hydrogen (secondary N) is 1. The predicted octanol–water partition coefficient (Wildman–Crippen LogP) is 1.75. The van der Waals surface area contributed by atoms with Crippen LogP contribution in [0, 0.1) is 0 Å². The van der Waals surface area contributed by atoms with Gasteiger partial charge in [-0.15, -0.1) is 0 Å². The summed E-state index contributed by atoms with van der Waals surface area (Å²) in [5.41, 5.74) is 2.03. The van der Waals surface area contributed by atoms with Crippen LogP contribution in [0.5, 0.6) is 0 Å². The van der Waals surface area contributed by atoms with Gasteiger partial charge in [-0.25, -0.2) is 0 Å². The maximum Gasteiger partial charge on any atom is 0.221 e. The molecule has 0 unspecified atom stereocenters. The average Bonchev–Trinajstić information content (AvgIpc) is 2.25. The van der Waals surface area contributed by atoms with Crippen molar-refractivity contribution in [1.82, 2.24) is 4.90 Å². The Bertz CT molecular complexity index is 450. The molecule has 4 nitrogen and oxygen atoms in total. The zero-order valence-corrected chi connectivity index (χ0v) is 10.2. The van der Waals surface area contributed by atoms with Gasteiger partial charge < -0.3 is 10.2 Å². The number of hydrogen-bond donors (Lipinski definition) is 1. The lowest BCUT2D eigenvalue weighted by atomic mass is 10.1. The molecule has 17 heavy (non-hydrogen) atoms. The number of benzene rings is 1. The second-order valence-electron chi connectivity index (χ2n) is 3.93. The summed E-state index contributed by atoms with van der Waals surface area (Å²) >= 11 is 0. The van der Waals surface area contributed by atoms with E-state index in [1.807, 2.05) is 20.2 Å². The second kappa shape index (κ2) is 5.84. The lowest BCUT2D eigenvalue weighted by Gasteiger charge is -2.09. The van der Waals surface area contributed by atoms with Crippen LogP contribution in [0.3, 0.4) is 0 Å². The van der Waals surface area contributed by atoms with Gasteiger partial charge in [0.1, 0.15) is 0 Å². The van der Waals surface area contributed by atoms with Crippen LogP contribution in [0.15, 0.2) is 30.5 Å². The largest absolute Gasteiger partial charge is 0.383 e. The summed E-state index contributed by atoms with van der Waals surface area (Å²) in [5.74, 6) is -0.133. The van der Waals surface area contributed by atoms with Gasteiger partial charge in [0.2, 0.25) is 5.91 Å². The smallest absolute Gasteiger partial charge is 0.221 e. The van der Waals surface area contributed by atoms with Crippen molar-refractivity contribution < 1.29 is 9.59 Å². The molecule has 0 saturated heterocycles. The molecule has 1 rings (SSSR count). The molecule has 0 aromatic heterocycles. The molecule has 1 N–H and O–H groups in total. The van der Waals surface area contributed by atoms with Crippen molar-refractivity contribution in [3.8, 4) is 0 Å². The Kier molecular flexibility index (Phi) is 4.46. The van der Waals surface area contributed by atoms with E-state index in [1.54, 1.807) is 29.3 Å². The lowest BCUT2D eigenvalue weighted by Crippen LogP contribution is -2.06. The zero-order valence-electron chi connectivity index (χ0n) is 10.2. The van der Waals surface area contributed by atoms with E-state index in [-0.39, 0.29) is 5.91 Å². The number of aldehydes is 1. The fourth-order valence-corrected chi connectivity index (χ4v) is 1.43. The Morgan fingerprint density at radius 2 is 2.06 bits per heavy atom. The molecular formula is C13H16N2O2. The van der Waals surface area contributed by atoms with Crippen LogP contribution in [0.2, 0.25) is 0 Å². The van der Waals surface area contributed by atoms with Crippen molar-refractivity contribution in [2.45, 2.75) is 6.92 Å².